The Hall–Kier alpha value is -3.03. The van der Waals surface area contributed by atoms with E-state index in [0.717, 1.165) is 11.1 Å². The fourth-order valence-corrected chi connectivity index (χ4v) is 4.07. The number of phenolic OH excluding ortho intramolecular Hbond substituents is 1. The number of benzene rings is 3. The van der Waals surface area contributed by atoms with Gasteiger partial charge in [-0.05, 0) is 61.9 Å². The van der Waals surface area contributed by atoms with Gasteiger partial charge in [0.15, 0.2) is 0 Å². The van der Waals surface area contributed by atoms with Crippen molar-refractivity contribution in [1.82, 2.24) is 0 Å². The second-order valence-electron chi connectivity index (χ2n) is 6.57. The number of aromatic hydroxyl groups is 1. The molecule has 3 aromatic rings. The van der Waals surface area contributed by atoms with Crippen molar-refractivity contribution in [2.24, 2.45) is 0 Å². The minimum atomic E-state index is -3.95. The van der Waals surface area contributed by atoms with Crippen LogP contribution >= 0.6 is 11.6 Å². The Morgan fingerprint density at radius 1 is 1.00 bits per heavy atom. The predicted molar refractivity (Wildman–Crippen MR) is 114 cm³/mol. The lowest BCUT2D eigenvalue weighted by molar-refractivity contribution is 0.102. The summed E-state index contributed by atoms with van der Waals surface area (Å²) in [4.78, 5) is 12.5. The Morgan fingerprint density at radius 2 is 1.76 bits per heavy atom. The van der Waals surface area contributed by atoms with Crippen LogP contribution in [0.3, 0.4) is 0 Å². The summed E-state index contributed by atoms with van der Waals surface area (Å²) >= 11 is 5.89. The standard InChI is InChI=1S/C21H19ClN2O4S/c1-13-6-8-18(14(2)10-13)21(26)23-19-12-17(7-9-20(19)25)29(27,28)24-16-5-3-4-15(22)11-16/h3-12,24-25H,1-2H3,(H,23,26). The summed E-state index contributed by atoms with van der Waals surface area (Å²) in [6.07, 6.45) is 0. The first kappa shape index (κ1) is 20.7. The van der Waals surface area contributed by atoms with Crippen molar-refractivity contribution < 1.29 is 18.3 Å². The zero-order valence-corrected chi connectivity index (χ0v) is 17.3. The SMILES string of the molecule is Cc1ccc(C(=O)Nc2cc(S(=O)(=O)Nc3cccc(Cl)c3)ccc2O)c(C)c1. The normalized spacial score (nSPS) is 11.1. The van der Waals surface area contributed by atoms with Crippen molar-refractivity contribution in [2.75, 3.05) is 10.0 Å². The van der Waals surface area contributed by atoms with Crippen LogP contribution in [0.1, 0.15) is 21.5 Å². The number of nitrogens with one attached hydrogen (secondary N) is 2. The van der Waals surface area contributed by atoms with E-state index < -0.39 is 15.9 Å². The summed E-state index contributed by atoms with van der Waals surface area (Å²) in [7, 11) is -3.95. The number of hydrogen-bond donors (Lipinski definition) is 3. The summed E-state index contributed by atoms with van der Waals surface area (Å²) in [5.41, 5.74) is 2.51. The van der Waals surface area contributed by atoms with Crippen LogP contribution in [0.5, 0.6) is 5.75 Å². The lowest BCUT2D eigenvalue weighted by Crippen LogP contribution is -2.16. The first-order valence-corrected chi connectivity index (χ1v) is 10.5. The summed E-state index contributed by atoms with van der Waals surface area (Å²) < 4.78 is 27.8. The van der Waals surface area contributed by atoms with Crippen LogP contribution in [-0.2, 0) is 10.0 Å². The second kappa shape index (κ2) is 8.14. The molecule has 0 aliphatic rings. The van der Waals surface area contributed by atoms with Gasteiger partial charge in [-0.15, -0.1) is 0 Å². The van der Waals surface area contributed by atoms with E-state index in [-0.39, 0.29) is 16.3 Å². The number of rotatable bonds is 5. The first-order chi connectivity index (χ1) is 13.7. The van der Waals surface area contributed by atoms with Crippen LogP contribution in [0, 0.1) is 13.8 Å². The minimum Gasteiger partial charge on any atom is -0.506 e. The maximum absolute atomic E-state index is 12.7. The average Bonchev–Trinajstić information content (AvgIpc) is 2.63. The van der Waals surface area contributed by atoms with Crippen molar-refractivity contribution in [3.8, 4) is 5.75 Å². The third-order valence-electron chi connectivity index (χ3n) is 4.23. The molecule has 1 amide bonds. The van der Waals surface area contributed by atoms with E-state index >= 15 is 0 Å². The molecular weight excluding hydrogens is 412 g/mol. The number of anilines is 2. The number of aryl methyl sites for hydroxylation is 2. The number of halogens is 1. The van der Waals surface area contributed by atoms with E-state index in [1.807, 2.05) is 13.0 Å². The highest BCUT2D eigenvalue weighted by molar-refractivity contribution is 7.92. The fraction of sp³-hybridized carbons (Fsp3) is 0.0952. The van der Waals surface area contributed by atoms with Gasteiger partial charge in [0, 0.05) is 10.6 Å². The zero-order valence-electron chi connectivity index (χ0n) is 15.7. The van der Waals surface area contributed by atoms with E-state index in [4.69, 9.17) is 11.6 Å². The molecule has 0 spiro atoms. The van der Waals surface area contributed by atoms with E-state index in [2.05, 4.69) is 10.0 Å². The molecule has 0 radical (unpaired) electrons. The van der Waals surface area contributed by atoms with Crippen molar-refractivity contribution in [3.63, 3.8) is 0 Å². The summed E-state index contributed by atoms with van der Waals surface area (Å²) in [6, 6.07) is 15.3. The Balaban J connectivity index is 1.88. The van der Waals surface area contributed by atoms with Crippen LogP contribution in [0.15, 0.2) is 65.6 Å². The maximum Gasteiger partial charge on any atom is 0.261 e. The number of amides is 1. The molecule has 0 unspecified atom stereocenters. The summed E-state index contributed by atoms with van der Waals surface area (Å²) in [6.45, 7) is 3.72. The largest absolute Gasteiger partial charge is 0.506 e. The number of carbonyl (C=O) groups is 1. The third-order valence-corrected chi connectivity index (χ3v) is 5.84. The fourth-order valence-electron chi connectivity index (χ4n) is 2.81. The molecule has 0 bridgehead atoms. The van der Waals surface area contributed by atoms with Gasteiger partial charge in [0.05, 0.1) is 16.3 Å². The quantitative estimate of drug-likeness (QED) is 0.510. The monoisotopic (exact) mass is 430 g/mol. The molecule has 29 heavy (non-hydrogen) atoms. The predicted octanol–water partition coefficient (Wildman–Crippen LogP) is 4.72. The van der Waals surface area contributed by atoms with Gasteiger partial charge < -0.3 is 10.4 Å². The number of phenols is 1. The van der Waals surface area contributed by atoms with Crippen LogP contribution in [0.25, 0.3) is 0 Å². The molecule has 0 saturated carbocycles. The van der Waals surface area contributed by atoms with E-state index in [9.17, 15) is 18.3 Å². The molecule has 3 aromatic carbocycles. The first-order valence-electron chi connectivity index (χ1n) is 8.66. The Bertz CT molecular complexity index is 1190. The highest BCUT2D eigenvalue weighted by Gasteiger charge is 2.18. The maximum atomic E-state index is 12.7. The summed E-state index contributed by atoms with van der Waals surface area (Å²) in [5, 5.41) is 13.0. The molecule has 8 heteroatoms. The van der Waals surface area contributed by atoms with Gasteiger partial charge in [0.25, 0.3) is 15.9 Å². The van der Waals surface area contributed by atoms with Crippen molar-refractivity contribution in [2.45, 2.75) is 18.7 Å². The van der Waals surface area contributed by atoms with Crippen molar-refractivity contribution >= 4 is 38.9 Å². The van der Waals surface area contributed by atoms with Gasteiger partial charge >= 0.3 is 0 Å². The van der Waals surface area contributed by atoms with Gasteiger partial charge in [0.2, 0.25) is 0 Å². The molecule has 0 aliphatic heterocycles. The van der Waals surface area contributed by atoms with Crippen molar-refractivity contribution in [1.29, 1.82) is 0 Å². The number of hydrogen-bond acceptors (Lipinski definition) is 4. The van der Waals surface area contributed by atoms with Gasteiger partial charge in [-0.1, -0.05) is 35.4 Å². The minimum absolute atomic E-state index is 0.0102. The lowest BCUT2D eigenvalue weighted by atomic mass is 10.1. The van der Waals surface area contributed by atoms with Crippen LogP contribution < -0.4 is 10.0 Å². The third kappa shape index (κ3) is 4.88. The van der Waals surface area contributed by atoms with Crippen LogP contribution in [-0.4, -0.2) is 19.4 Å². The van der Waals surface area contributed by atoms with Gasteiger partial charge in [0.1, 0.15) is 5.75 Å². The highest BCUT2D eigenvalue weighted by atomic mass is 35.5. The molecule has 0 fully saturated rings. The average molecular weight is 431 g/mol. The Kier molecular flexibility index (Phi) is 5.81. The molecule has 0 aromatic heterocycles. The highest BCUT2D eigenvalue weighted by Crippen LogP contribution is 2.28. The molecule has 0 saturated heterocycles. The van der Waals surface area contributed by atoms with E-state index in [0.29, 0.717) is 16.3 Å². The van der Waals surface area contributed by atoms with E-state index in [1.54, 1.807) is 37.3 Å². The number of carbonyl (C=O) groups excluding carboxylic acids is 1. The molecule has 0 heterocycles. The van der Waals surface area contributed by atoms with Crippen LogP contribution in [0.4, 0.5) is 11.4 Å². The smallest absolute Gasteiger partial charge is 0.261 e. The second-order valence-corrected chi connectivity index (χ2v) is 8.69. The van der Waals surface area contributed by atoms with Crippen LogP contribution in [0.2, 0.25) is 5.02 Å². The number of sulfonamides is 1. The van der Waals surface area contributed by atoms with Crippen molar-refractivity contribution in [3.05, 3.63) is 82.4 Å². The molecular formula is C21H19ClN2O4S. The molecule has 150 valence electrons. The molecule has 6 nitrogen and oxygen atoms in total. The molecule has 3 rings (SSSR count). The summed E-state index contributed by atoms with van der Waals surface area (Å²) in [5.74, 6) is -0.694. The van der Waals surface area contributed by atoms with Gasteiger partial charge in [-0.2, -0.15) is 0 Å². The topological polar surface area (TPSA) is 95.5 Å². The molecule has 3 N–H and O–H groups in total. The van der Waals surface area contributed by atoms with E-state index in [1.165, 1.54) is 24.3 Å². The molecule has 0 atom stereocenters. The Morgan fingerprint density at radius 3 is 2.45 bits per heavy atom. The van der Waals surface area contributed by atoms with Gasteiger partial charge in [-0.25, -0.2) is 8.42 Å². The lowest BCUT2D eigenvalue weighted by Gasteiger charge is -2.13. The molecule has 0 aliphatic carbocycles. The van der Waals surface area contributed by atoms with Gasteiger partial charge in [-0.3, -0.25) is 9.52 Å². The Labute approximate surface area is 174 Å². The zero-order chi connectivity index (χ0) is 21.2.